The highest BCUT2D eigenvalue weighted by atomic mass is 16.6. The molecule has 2 atom stereocenters. The fourth-order valence-corrected chi connectivity index (χ4v) is 5.46. The number of benzene rings is 1. The second-order valence-electron chi connectivity index (χ2n) is 9.34. The second-order valence-corrected chi connectivity index (χ2v) is 9.34. The Kier molecular flexibility index (Phi) is 6.09. The molecule has 0 N–H and O–H groups in total. The maximum atomic E-state index is 13.9. The van der Waals surface area contributed by atoms with Crippen molar-refractivity contribution < 1.29 is 23.3 Å². The zero-order valence-corrected chi connectivity index (χ0v) is 20.1. The van der Waals surface area contributed by atoms with Crippen LogP contribution in [-0.2, 0) is 4.74 Å². The number of nitro benzene ring substituents is 1. The lowest BCUT2D eigenvalue weighted by Gasteiger charge is -2.29. The van der Waals surface area contributed by atoms with Crippen molar-refractivity contribution in [3.8, 4) is 0 Å². The van der Waals surface area contributed by atoms with E-state index in [2.05, 4.69) is 0 Å². The summed E-state index contributed by atoms with van der Waals surface area (Å²) >= 11 is 0. The van der Waals surface area contributed by atoms with Crippen LogP contribution in [0.5, 0.6) is 0 Å². The fourth-order valence-electron chi connectivity index (χ4n) is 5.46. The Hall–Kier alpha value is -4.18. The van der Waals surface area contributed by atoms with E-state index in [0.29, 0.717) is 37.8 Å². The largest absolute Gasteiger partial charge is 0.467 e. The van der Waals surface area contributed by atoms with Crippen molar-refractivity contribution in [2.24, 2.45) is 11.0 Å². The first-order valence-corrected chi connectivity index (χ1v) is 12.4. The molecule has 6 rings (SSSR count). The molecule has 1 amide bonds. The normalized spacial score (nSPS) is 22.7. The second kappa shape index (κ2) is 9.70. The number of nitrogens with zero attached hydrogens (tertiary/aromatic N) is 4. The van der Waals surface area contributed by atoms with E-state index in [0.717, 1.165) is 36.3 Å². The molecule has 0 spiro atoms. The molecule has 1 aliphatic carbocycles. The number of furan rings is 2. The fraction of sp³-hybridized carbons (Fsp3) is 0.333. The van der Waals surface area contributed by atoms with Gasteiger partial charge in [0.25, 0.3) is 11.6 Å². The summed E-state index contributed by atoms with van der Waals surface area (Å²) in [5, 5.41) is 18.2. The van der Waals surface area contributed by atoms with Crippen LogP contribution in [0.1, 0.15) is 47.2 Å². The minimum atomic E-state index is -0.439. The number of fused-ring (bicyclic) bond motifs is 1. The quantitative estimate of drug-likeness (QED) is 0.354. The van der Waals surface area contributed by atoms with E-state index in [-0.39, 0.29) is 17.2 Å². The summed E-state index contributed by atoms with van der Waals surface area (Å²) < 4.78 is 16.7. The van der Waals surface area contributed by atoms with E-state index in [1.807, 2.05) is 29.2 Å². The molecular weight excluding hydrogens is 476 g/mol. The van der Waals surface area contributed by atoms with E-state index in [4.69, 9.17) is 18.7 Å². The SMILES string of the molecule is O=C(c1ccc(N2CCOCC2)c([N+](=O)[O-])c1)N1N=C2/C(=C/c3ccco3)CCC[C@H]2[C@H]1c1ccco1. The van der Waals surface area contributed by atoms with Crippen LogP contribution in [0.2, 0.25) is 0 Å². The number of anilines is 1. The van der Waals surface area contributed by atoms with Gasteiger partial charge < -0.3 is 18.5 Å². The number of hydrogen-bond acceptors (Lipinski definition) is 8. The monoisotopic (exact) mass is 502 g/mol. The molecule has 10 heteroatoms. The molecule has 1 saturated heterocycles. The molecule has 4 heterocycles. The maximum Gasteiger partial charge on any atom is 0.293 e. The zero-order chi connectivity index (χ0) is 25.4. The summed E-state index contributed by atoms with van der Waals surface area (Å²) in [6.07, 6.45) is 7.79. The lowest BCUT2D eigenvalue weighted by atomic mass is 9.79. The van der Waals surface area contributed by atoms with Gasteiger partial charge in [-0.05, 0) is 67.3 Å². The number of carbonyl (C=O) groups excluding carboxylic acids is 1. The molecule has 0 radical (unpaired) electrons. The van der Waals surface area contributed by atoms with Gasteiger partial charge in [0.2, 0.25) is 0 Å². The number of rotatable bonds is 5. The van der Waals surface area contributed by atoms with Crippen molar-refractivity contribution in [3.63, 3.8) is 0 Å². The summed E-state index contributed by atoms with van der Waals surface area (Å²) in [5.74, 6) is 0.910. The molecule has 3 aromatic rings. The molecule has 190 valence electrons. The number of amides is 1. The topological polar surface area (TPSA) is 115 Å². The molecule has 0 unspecified atom stereocenters. The first-order valence-electron chi connectivity index (χ1n) is 12.4. The van der Waals surface area contributed by atoms with Crippen LogP contribution in [-0.4, -0.2) is 47.9 Å². The predicted molar refractivity (Wildman–Crippen MR) is 135 cm³/mol. The Morgan fingerprint density at radius 3 is 2.65 bits per heavy atom. The summed E-state index contributed by atoms with van der Waals surface area (Å²) in [5.41, 5.74) is 2.44. The van der Waals surface area contributed by atoms with Crippen molar-refractivity contribution in [3.05, 3.63) is 87.8 Å². The number of allylic oxidation sites excluding steroid dienone is 1. The third-order valence-electron chi connectivity index (χ3n) is 7.17. The van der Waals surface area contributed by atoms with Gasteiger partial charge in [0.1, 0.15) is 23.2 Å². The Bertz CT molecular complexity index is 1360. The Balaban J connectivity index is 1.38. The molecule has 2 fully saturated rings. The lowest BCUT2D eigenvalue weighted by Crippen LogP contribution is -2.36. The number of ether oxygens (including phenoxy) is 1. The smallest absolute Gasteiger partial charge is 0.293 e. The van der Waals surface area contributed by atoms with Gasteiger partial charge in [-0.1, -0.05) is 0 Å². The van der Waals surface area contributed by atoms with Crippen LogP contribution >= 0.6 is 0 Å². The van der Waals surface area contributed by atoms with Crippen molar-refractivity contribution in [2.75, 3.05) is 31.2 Å². The van der Waals surface area contributed by atoms with E-state index < -0.39 is 16.9 Å². The summed E-state index contributed by atoms with van der Waals surface area (Å²) in [6, 6.07) is 11.6. The Morgan fingerprint density at radius 1 is 1.11 bits per heavy atom. The number of hydrazone groups is 1. The van der Waals surface area contributed by atoms with E-state index in [1.165, 1.54) is 11.1 Å². The minimum Gasteiger partial charge on any atom is -0.467 e. The van der Waals surface area contributed by atoms with Crippen LogP contribution < -0.4 is 4.90 Å². The van der Waals surface area contributed by atoms with Crippen LogP contribution in [0.25, 0.3) is 6.08 Å². The predicted octanol–water partition coefficient (Wildman–Crippen LogP) is 5.05. The molecule has 0 bridgehead atoms. The van der Waals surface area contributed by atoms with E-state index in [9.17, 15) is 14.9 Å². The standard InChI is InChI=1S/C27H26N4O6/c32-27(19-8-9-22(23(17-19)31(33)34)29-10-14-35-15-11-29)30-26(24-7-3-13-37-24)21-6-1-4-18(25(21)28-30)16-20-5-2-12-36-20/h2-3,5,7-9,12-13,16-17,21,26H,1,4,6,10-11,14-15H2/b18-16+/t21-,26+/m1/s1. The molecule has 2 aromatic heterocycles. The first-order chi connectivity index (χ1) is 18.1. The van der Waals surface area contributed by atoms with Crippen molar-refractivity contribution in [2.45, 2.75) is 25.3 Å². The number of nitro groups is 1. The highest BCUT2D eigenvalue weighted by Gasteiger charge is 2.45. The third kappa shape index (κ3) is 4.33. The summed E-state index contributed by atoms with van der Waals surface area (Å²) in [6.45, 7) is 2.12. The van der Waals surface area contributed by atoms with E-state index >= 15 is 0 Å². The maximum absolute atomic E-state index is 13.9. The Morgan fingerprint density at radius 2 is 1.92 bits per heavy atom. The van der Waals surface area contributed by atoms with Crippen molar-refractivity contribution in [1.29, 1.82) is 0 Å². The van der Waals surface area contributed by atoms with Gasteiger partial charge in [0.15, 0.2) is 0 Å². The minimum absolute atomic E-state index is 0.0485. The van der Waals surface area contributed by atoms with Gasteiger partial charge >= 0.3 is 0 Å². The summed E-state index contributed by atoms with van der Waals surface area (Å²) in [4.78, 5) is 27.3. The zero-order valence-electron chi connectivity index (χ0n) is 20.1. The van der Waals surface area contributed by atoms with Gasteiger partial charge in [0.05, 0.1) is 36.4 Å². The molecule has 1 saturated carbocycles. The first kappa shape index (κ1) is 23.2. The van der Waals surface area contributed by atoms with Gasteiger partial charge in [-0.25, -0.2) is 5.01 Å². The average Bonchev–Trinajstić information content (AvgIpc) is 3.70. The van der Waals surface area contributed by atoms with Crippen molar-refractivity contribution >= 4 is 29.1 Å². The van der Waals surface area contributed by atoms with E-state index in [1.54, 1.807) is 30.7 Å². The average molecular weight is 503 g/mol. The van der Waals surface area contributed by atoms with Gasteiger partial charge in [-0.15, -0.1) is 0 Å². The van der Waals surface area contributed by atoms with Crippen molar-refractivity contribution in [1.82, 2.24) is 5.01 Å². The third-order valence-corrected chi connectivity index (χ3v) is 7.17. The van der Waals surface area contributed by atoms with Crippen LogP contribution in [0, 0.1) is 16.0 Å². The van der Waals surface area contributed by atoms with Crippen LogP contribution in [0.15, 0.2) is 74.5 Å². The lowest BCUT2D eigenvalue weighted by molar-refractivity contribution is -0.384. The number of morpholine rings is 1. The molecule has 37 heavy (non-hydrogen) atoms. The molecular formula is C27H26N4O6. The summed E-state index contributed by atoms with van der Waals surface area (Å²) in [7, 11) is 0. The number of carbonyl (C=O) groups is 1. The van der Waals surface area contributed by atoms with Crippen LogP contribution in [0.4, 0.5) is 11.4 Å². The van der Waals surface area contributed by atoms with Gasteiger partial charge in [0, 0.05) is 30.6 Å². The number of hydrogen-bond donors (Lipinski definition) is 0. The highest BCUT2D eigenvalue weighted by Crippen LogP contribution is 2.45. The molecule has 1 aromatic carbocycles. The van der Waals surface area contributed by atoms with Crippen LogP contribution in [0.3, 0.4) is 0 Å². The molecule has 3 aliphatic rings. The molecule has 10 nitrogen and oxygen atoms in total. The van der Waals surface area contributed by atoms with Gasteiger partial charge in [-0.2, -0.15) is 5.10 Å². The highest BCUT2D eigenvalue weighted by molar-refractivity contribution is 6.09. The van der Waals surface area contributed by atoms with Gasteiger partial charge in [-0.3, -0.25) is 14.9 Å². The molecule has 2 aliphatic heterocycles. The Labute approximate surface area is 212 Å².